The molecule has 27 heavy (non-hydrogen) atoms. The summed E-state index contributed by atoms with van der Waals surface area (Å²) in [5, 5.41) is 3.98. The van der Waals surface area contributed by atoms with Gasteiger partial charge >= 0.3 is 0 Å². The molecule has 9 heteroatoms. The first kappa shape index (κ1) is 19.0. The van der Waals surface area contributed by atoms with Gasteiger partial charge in [-0.05, 0) is 43.0 Å². The number of aryl methyl sites for hydroxylation is 1. The monoisotopic (exact) mass is 401 g/mol. The molecule has 0 atom stereocenters. The van der Waals surface area contributed by atoms with Gasteiger partial charge in [0.05, 0.1) is 25.1 Å². The largest absolute Gasteiger partial charge is 0.501 e. The Morgan fingerprint density at radius 1 is 1.33 bits per heavy atom. The Kier molecular flexibility index (Phi) is 5.52. The zero-order valence-corrected chi connectivity index (χ0v) is 16.6. The van der Waals surface area contributed by atoms with Crippen molar-refractivity contribution in [2.45, 2.75) is 20.0 Å². The number of nitrogens with zero attached hydrogens (tertiary/aromatic N) is 2. The van der Waals surface area contributed by atoms with Gasteiger partial charge in [0.2, 0.25) is 10.6 Å². The van der Waals surface area contributed by atoms with Crippen LogP contribution in [-0.2, 0) is 17.8 Å². The van der Waals surface area contributed by atoms with Crippen LogP contribution in [0.5, 0.6) is 0 Å². The quantitative estimate of drug-likeness (QED) is 0.434. The number of aromatic amines is 2. The van der Waals surface area contributed by atoms with Crippen LogP contribution >= 0.6 is 24.4 Å². The molecule has 0 fully saturated rings. The molecule has 140 valence electrons. The normalized spacial score (nSPS) is 10.7. The van der Waals surface area contributed by atoms with Crippen LogP contribution in [0.3, 0.4) is 0 Å². The molecule has 0 aliphatic heterocycles. The molecule has 0 saturated heterocycles. The van der Waals surface area contributed by atoms with Gasteiger partial charge in [-0.15, -0.1) is 0 Å². The van der Waals surface area contributed by atoms with Crippen LogP contribution in [0.1, 0.15) is 21.9 Å². The maximum atomic E-state index is 12.5. The molecule has 3 rings (SSSR count). The van der Waals surface area contributed by atoms with E-state index in [1.165, 1.54) is 0 Å². The molecule has 0 aliphatic carbocycles. The Balaban J connectivity index is 1.94. The van der Waals surface area contributed by atoms with Crippen molar-refractivity contribution in [3.8, 4) is 0 Å². The molecular weight excluding hydrogens is 382 g/mol. The number of fused-ring (bicyclic) bond motifs is 1. The maximum absolute atomic E-state index is 12.5. The second-order valence-electron chi connectivity index (χ2n) is 5.95. The van der Waals surface area contributed by atoms with Crippen LogP contribution in [0.2, 0.25) is 0 Å². The van der Waals surface area contributed by atoms with Crippen molar-refractivity contribution in [2.75, 3.05) is 7.11 Å². The zero-order valence-electron chi connectivity index (χ0n) is 15.0. The van der Waals surface area contributed by atoms with Crippen molar-refractivity contribution in [3.05, 3.63) is 63.2 Å². The highest BCUT2D eigenvalue weighted by Gasteiger charge is 2.16. The molecular formula is C18H19N5O2S2. The molecule has 1 aromatic carbocycles. The number of methoxy groups -OCH3 is 1. The number of allylic oxidation sites excluding steroid dienone is 1. The first-order valence-electron chi connectivity index (χ1n) is 8.18. The lowest BCUT2D eigenvalue weighted by atomic mass is 10.1. The molecule has 7 nitrogen and oxygen atoms in total. The summed E-state index contributed by atoms with van der Waals surface area (Å²) in [5.41, 5.74) is 3.16. The number of carbonyl (C=O) groups is 1. The number of nitrogens with one attached hydrogen (secondary N) is 3. The third-order valence-electron chi connectivity index (χ3n) is 4.29. The summed E-state index contributed by atoms with van der Waals surface area (Å²) in [5.74, 6) is 0.321. The van der Waals surface area contributed by atoms with Gasteiger partial charge in [0.15, 0.2) is 4.77 Å². The number of carbonyl (C=O) groups excluding carboxylic acids is 1. The van der Waals surface area contributed by atoms with Crippen LogP contribution in [0, 0.1) is 16.5 Å². The van der Waals surface area contributed by atoms with Gasteiger partial charge < -0.3 is 24.6 Å². The Morgan fingerprint density at radius 2 is 2.07 bits per heavy atom. The smallest absolute Gasteiger partial charge is 0.288 e. The molecule has 0 bridgehead atoms. The number of hydrogen-bond donors (Lipinski definition) is 3. The van der Waals surface area contributed by atoms with Crippen LogP contribution in [-0.4, -0.2) is 32.5 Å². The van der Waals surface area contributed by atoms with Crippen molar-refractivity contribution in [1.82, 2.24) is 24.8 Å². The Labute approximate surface area is 166 Å². The standard InChI is InChI=1S/C18H19N5O2S2/c1-10(25-3)8-14-11(2)12-6-4-5-7-13(12)23(14)9-19-16(24)15-20-17(26)22-18(27)21-15/h4-7H,1,8-9H2,2-3H3,(H,19,24)(H2,20,21,22,26,27). The molecule has 0 saturated carbocycles. The van der Waals surface area contributed by atoms with E-state index in [-0.39, 0.29) is 22.0 Å². The number of benzene rings is 1. The van der Waals surface area contributed by atoms with E-state index in [4.69, 9.17) is 29.2 Å². The molecule has 3 aromatic rings. The predicted molar refractivity (Wildman–Crippen MR) is 109 cm³/mol. The molecule has 0 unspecified atom stereocenters. The highest BCUT2D eigenvalue weighted by atomic mass is 32.1. The van der Waals surface area contributed by atoms with Crippen molar-refractivity contribution >= 4 is 41.2 Å². The second-order valence-corrected chi connectivity index (χ2v) is 6.74. The number of rotatable bonds is 6. The fourth-order valence-electron chi connectivity index (χ4n) is 2.93. The predicted octanol–water partition coefficient (Wildman–Crippen LogP) is 3.55. The van der Waals surface area contributed by atoms with Crippen molar-refractivity contribution in [3.63, 3.8) is 0 Å². The number of aromatic nitrogens is 4. The minimum atomic E-state index is -0.395. The first-order chi connectivity index (χ1) is 12.9. The molecule has 2 heterocycles. The minimum Gasteiger partial charge on any atom is -0.501 e. The van der Waals surface area contributed by atoms with E-state index in [0.29, 0.717) is 12.2 Å². The van der Waals surface area contributed by atoms with E-state index in [1.54, 1.807) is 7.11 Å². The topological polar surface area (TPSA) is 87.7 Å². The summed E-state index contributed by atoms with van der Waals surface area (Å²) in [6, 6.07) is 8.02. The van der Waals surface area contributed by atoms with Crippen LogP contribution in [0.15, 0.2) is 36.6 Å². The highest BCUT2D eigenvalue weighted by molar-refractivity contribution is 7.71. The lowest BCUT2D eigenvalue weighted by Crippen LogP contribution is -2.29. The van der Waals surface area contributed by atoms with Crippen LogP contribution in [0.25, 0.3) is 10.9 Å². The number of para-hydroxylation sites is 1. The molecule has 1 amide bonds. The van der Waals surface area contributed by atoms with Crippen LogP contribution in [0.4, 0.5) is 0 Å². The van der Waals surface area contributed by atoms with E-state index in [0.717, 1.165) is 22.2 Å². The number of ether oxygens (including phenoxy) is 1. The number of hydrogen-bond acceptors (Lipinski definition) is 5. The molecule has 3 N–H and O–H groups in total. The fraction of sp³-hybridized carbons (Fsp3) is 0.222. The van der Waals surface area contributed by atoms with Crippen LogP contribution < -0.4 is 5.32 Å². The summed E-state index contributed by atoms with van der Waals surface area (Å²) < 4.78 is 7.68. The van der Waals surface area contributed by atoms with Crippen molar-refractivity contribution in [1.29, 1.82) is 0 Å². The summed E-state index contributed by atoms with van der Waals surface area (Å²) >= 11 is 9.98. The first-order valence-corrected chi connectivity index (χ1v) is 8.99. The van der Waals surface area contributed by atoms with Crippen molar-refractivity contribution < 1.29 is 9.53 Å². The number of amides is 1. The summed E-state index contributed by atoms with van der Waals surface area (Å²) in [6.07, 6.45) is 0.546. The Hall–Kier alpha value is -2.78. The lowest BCUT2D eigenvalue weighted by molar-refractivity contribution is 0.0931. The van der Waals surface area contributed by atoms with Gasteiger partial charge in [-0.3, -0.25) is 4.79 Å². The number of H-pyrrole nitrogens is 2. The SMILES string of the molecule is C=C(Cc1c(C)c2ccccc2n1CNC(=O)c1nc(=S)[nH]c(=S)[nH]1)OC. The Bertz CT molecular complexity index is 1110. The second kappa shape index (κ2) is 7.85. The molecule has 2 aromatic heterocycles. The van der Waals surface area contributed by atoms with Gasteiger partial charge in [-0.2, -0.15) is 4.98 Å². The summed E-state index contributed by atoms with van der Waals surface area (Å²) in [4.78, 5) is 21.8. The average Bonchev–Trinajstić information content (AvgIpc) is 2.90. The molecule has 0 radical (unpaired) electrons. The summed E-state index contributed by atoms with van der Waals surface area (Å²) in [6.45, 7) is 6.23. The minimum absolute atomic E-state index is 0.0692. The van der Waals surface area contributed by atoms with E-state index in [9.17, 15) is 4.79 Å². The van der Waals surface area contributed by atoms with E-state index in [1.807, 2.05) is 29.7 Å². The van der Waals surface area contributed by atoms with E-state index >= 15 is 0 Å². The third kappa shape index (κ3) is 3.99. The van der Waals surface area contributed by atoms with Gasteiger partial charge in [-0.1, -0.05) is 24.8 Å². The summed E-state index contributed by atoms with van der Waals surface area (Å²) in [7, 11) is 1.60. The molecule has 0 spiro atoms. The highest BCUT2D eigenvalue weighted by Crippen LogP contribution is 2.27. The zero-order chi connectivity index (χ0) is 19.6. The van der Waals surface area contributed by atoms with Gasteiger partial charge in [-0.25, -0.2) is 0 Å². The van der Waals surface area contributed by atoms with E-state index in [2.05, 4.69) is 32.9 Å². The Morgan fingerprint density at radius 3 is 2.78 bits per heavy atom. The van der Waals surface area contributed by atoms with Gasteiger partial charge in [0.25, 0.3) is 5.91 Å². The van der Waals surface area contributed by atoms with Gasteiger partial charge in [0.1, 0.15) is 0 Å². The maximum Gasteiger partial charge on any atom is 0.288 e. The van der Waals surface area contributed by atoms with Crippen molar-refractivity contribution in [2.24, 2.45) is 0 Å². The fourth-order valence-corrected chi connectivity index (χ4v) is 3.38. The van der Waals surface area contributed by atoms with E-state index < -0.39 is 5.91 Å². The lowest BCUT2D eigenvalue weighted by Gasteiger charge is -2.13. The van der Waals surface area contributed by atoms with Gasteiger partial charge in [0, 0.05) is 17.5 Å². The molecule has 0 aliphatic rings. The average molecular weight is 402 g/mol. The third-order valence-corrected chi connectivity index (χ3v) is 4.69.